The molecule has 6 nitrogen and oxygen atoms in total. The van der Waals surface area contributed by atoms with Crippen molar-refractivity contribution in [2.75, 3.05) is 0 Å². The minimum Gasteiger partial charge on any atom is -0.476 e. The summed E-state index contributed by atoms with van der Waals surface area (Å²) in [6.45, 7) is 1.99. The molecule has 1 fully saturated rings. The van der Waals surface area contributed by atoms with Crippen molar-refractivity contribution in [3.8, 4) is 0 Å². The Kier molecular flexibility index (Phi) is 4.09. The average molecular weight is 263 g/mol. The van der Waals surface area contributed by atoms with Crippen LogP contribution in [0.2, 0.25) is 0 Å². The molecule has 1 aliphatic rings. The summed E-state index contributed by atoms with van der Waals surface area (Å²) in [5.41, 5.74) is -0.0183. The summed E-state index contributed by atoms with van der Waals surface area (Å²) in [4.78, 5) is 30.1. The van der Waals surface area contributed by atoms with Gasteiger partial charge >= 0.3 is 5.97 Å². The van der Waals surface area contributed by atoms with E-state index in [1.807, 2.05) is 6.92 Å². The summed E-state index contributed by atoms with van der Waals surface area (Å²) in [6, 6.07) is 0.107. The molecule has 2 N–H and O–H groups in total. The van der Waals surface area contributed by atoms with E-state index in [1.54, 1.807) is 0 Å². The van der Waals surface area contributed by atoms with Crippen LogP contribution in [0.4, 0.5) is 0 Å². The maximum Gasteiger partial charge on any atom is 0.356 e. The summed E-state index contributed by atoms with van der Waals surface area (Å²) >= 11 is 0. The summed E-state index contributed by atoms with van der Waals surface area (Å²) < 4.78 is 0. The third-order valence-corrected chi connectivity index (χ3v) is 3.57. The SMILES string of the molecule is CC(NC(=O)c1cnc(C(=O)O)cn1)C1CCCC1. The Hall–Kier alpha value is -1.98. The van der Waals surface area contributed by atoms with E-state index < -0.39 is 5.97 Å². The molecule has 0 radical (unpaired) electrons. The van der Waals surface area contributed by atoms with E-state index in [1.165, 1.54) is 19.0 Å². The third kappa shape index (κ3) is 3.27. The number of aromatic nitrogens is 2. The highest BCUT2D eigenvalue weighted by molar-refractivity contribution is 5.92. The Morgan fingerprint density at radius 1 is 1.26 bits per heavy atom. The zero-order valence-corrected chi connectivity index (χ0v) is 10.8. The molecule has 6 heteroatoms. The number of carbonyl (C=O) groups is 2. The Balaban J connectivity index is 1.97. The fourth-order valence-electron chi connectivity index (χ4n) is 2.41. The van der Waals surface area contributed by atoms with Crippen molar-refractivity contribution in [3.63, 3.8) is 0 Å². The predicted molar refractivity (Wildman–Crippen MR) is 67.9 cm³/mol. The molecule has 1 aromatic heterocycles. The van der Waals surface area contributed by atoms with Crippen molar-refractivity contribution in [3.05, 3.63) is 23.8 Å². The van der Waals surface area contributed by atoms with Gasteiger partial charge in [0, 0.05) is 6.04 Å². The van der Waals surface area contributed by atoms with Gasteiger partial charge in [-0.1, -0.05) is 12.8 Å². The summed E-state index contributed by atoms with van der Waals surface area (Å²) in [7, 11) is 0. The lowest BCUT2D eigenvalue weighted by Gasteiger charge is -2.19. The van der Waals surface area contributed by atoms with E-state index in [4.69, 9.17) is 5.11 Å². The zero-order valence-electron chi connectivity index (χ0n) is 10.8. The molecule has 1 unspecified atom stereocenters. The van der Waals surface area contributed by atoms with Gasteiger partial charge in [-0.05, 0) is 25.7 Å². The van der Waals surface area contributed by atoms with Gasteiger partial charge in [0.05, 0.1) is 12.4 Å². The second-order valence-corrected chi connectivity index (χ2v) is 4.90. The number of nitrogens with one attached hydrogen (secondary N) is 1. The van der Waals surface area contributed by atoms with Gasteiger partial charge in [-0.25, -0.2) is 14.8 Å². The number of nitrogens with zero attached hydrogens (tertiary/aromatic N) is 2. The Labute approximate surface area is 111 Å². The highest BCUT2D eigenvalue weighted by atomic mass is 16.4. The quantitative estimate of drug-likeness (QED) is 0.858. The predicted octanol–water partition coefficient (Wildman–Crippen LogP) is 1.48. The largest absolute Gasteiger partial charge is 0.476 e. The summed E-state index contributed by atoms with van der Waals surface area (Å²) in [5, 5.41) is 11.6. The molecule has 0 bridgehead atoms. The monoisotopic (exact) mass is 263 g/mol. The standard InChI is InChI=1S/C13H17N3O3/c1-8(9-4-2-3-5-9)16-12(17)10-6-15-11(7-14-10)13(18)19/h6-9H,2-5H2,1H3,(H,16,17)(H,18,19). The number of hydrogen-bond acceptors (Lipinski definition) is 4. The minimum atomic E-state index is -1.15. The first-order valence-electron chi connectivity index (χ1n) is 6.44. The van der Waals surface area contributed by atoms with E-state index in [-0.39, 0.29) is 23.3 Å². The first-order valence-corrected chi connectivity index (χ1v) is 6.44. The minimum absolute atomic E-state index is 0.107. The number of amides is 1. The van der Waals surface area contributed by atoms with Gasteiger partial charge in [-0.3, -0.25) is 4.79 Å². The first kappa shape index (κ1) is 13.5. The fraction of sp³-hybridized carbons (Fsp3) is 0.538. The average Bonchev–Trinajstić information content (AvgIpc) is 2.92. The van der Waals surface area contributed by atoms with E-state index in [0.717, 1.165) is 19.0 Å². The van der Waals surface area contributed by atoms with E-state index in [0.29, 0.717) is 5.92 Å². The van der Waals surface area contributed by atoms with Crippen molar-refractivity contribution in [2.24, 2.45) is 5.92 Å². The van der Waals surface area contributed by atoms with Crippen LogP contribution in [0.25, 0.3) is 0 Å². The van der Waals surface area contributed by atoms with Gasteiger partial charge in [0.2, 0.25) is 0 Å². The molecule has 0 aliphatic heterocycles. The molecule has 1 amide bonds. The molecule has 0 aromatic carbocycles. The lowest BCUT2D eigenvalue weighted by molar-refractivity contribution is 0.0688. The molecule has 1 aromatic rings. The third-order valence-electron chi connectivity index (χ3n) is 3.57. The second-order valence-electron chi connectivity index (χ2n) is 4.90. The molecule has 2 rings (SSSR count). The summed E-state index contributed by atoms with van der Waals surface area (Å²) in [6.07, 6.45) is 7.02. The molecule has 1 heterocycles. The fourth-order valence-corrected chi connectivity index (χ4v) is 2.41. The number of aromatic carboxylic acids is 1. The van der Waals surface area contributed by atoms with Crippen LogP contribution in [0, 0.1) is 5.92 Å². The number of hydrogen-bond donors (Lipinski definition) is 2. The van der Waals surface area contributed by atoms with Crippen LogP contribution in [0.15, 0.2) is 12.4 Å². The lowest BCUT2D eigenvalue weighted by atomic mass is 10.00. The van der Waals surface area contributed by atoms with Crippen LogP contribution in [0.5, 0.6) is 0 Å². The van der Waals surface area contributed by atoms with E-state index in [2.05, 4.69) is 15.3 Å². The van der Waals surface area contributed by atoms with Crippen LogP contribution in [0.3, 0.4) is 0 Å². The Bertz CT molecular complexity index is 467. The van der Waals surface area contributed by atoms with Crippen molar-refractivity contribution >= 4 is 11.9 Å². The van der Waals surface area contributed by atoms with Crippen LogP contribution in [0.1, 0.15) is 53.6 Å². The van der Waals surface area contributed by atoms with Gasteiger partial charge < -0.3 is 10.4 Å². The lowest BCUT2D eigenvalue weighted by Crippen LogP contribution is -2.37. The highest BCUT2D eigenvalue weighted by Crippen LogP contribution is 2.27. The van der Waals surface area contributed by atoms with Gasteiger partial charge in [0.25, 0.3) is 5.91 Å². The highest BCUT2D eigenvalue weighted by Gasteiger charge is 2.23. The number of carbonyl (C=O) groups excluding carboxylic acids is 1. The van der Waals surface area contributed by atoms with Crippen LogP contribution < -0.4 is 5.32 Å². The van der Waals surface area contributed by atoms with Crippen molar-refractivity contribution in [1.82, 2.24) is 15.3 Å². The molecule has 0 saturated heterocycles. The van der Waals surface area contributed by atoms with E-state index in [9.17, 15) is 9.59 Å². The van der Waals surface area contributed by atoms with Crippen LogP contribution >= 0.6 is 0 Å². The molecule has 19 heavy (non-hydrogen) atoms. The second kappa shape index (κ2) is 5.77. The van der Waals surface area contributed by atoms with Crippen molar-refractivity contribution in [2.45, 2.75) is 38.6 Å². The van der Waals surface area contributed by atoms with Gasteiger partial charge in [-0.15, -0.1) is 0 Å². The van der Waals surface area contributed by atoms with Gasteiger partial charge in [0.15, 0.2) is 5.69 Å². The Morgan fingerprint density at radius 2 is 1.84 bits per heavy atom. The maximum absolute atomic E-state index is 11.9. The molecule has 102 valence electrons. The Morgan fingerprint density at radius 3 is 2.37 bits per heavy atom. The van der Waals surface area contributed by atoms with Crippen LogP contribution in [-0.4, -0.2) is 33.0 Å². The zero-order chi connectivity index (χ0) is 13.8. The van der Waals surface area contributed by atoms with Crippen molar-refractivity contribution < 1.29 is 14.7 Å². The summed E-state index contributed by atoms with van der Waals surface area (Å²) in [5.74, 6) is -0.933. The number of rotatable bonds is 4. The van der Waals surface area contributed by atoms with Crippen LogP contribution in [-0.2, 0) is 0 Å². The number of carboxylic acids is 1. The smallest absolute Gasteiger partial charge is 0.356 e. The number of carboxylic acid groups (broad SMARTS) is 1. The maximum atomic E-state index is 11.9. The molecular formula is C13H17N3O3. The molecule has 1 atom stereocenters. The molecule has 1 aliphatic carbocycles. The normalized spacial score (nSPS) is 17.1. The van der Waals surface area contributed by atoms with E-state index >= 15 is 0 Å². The topological polar surface area (TPSA) is 92.2 Å². The van der Waals surface area contributed by atoms with Crippen molar-refractivity contribution in [1.29, 1.82) is 0 Å². The first-order chi connectivity index (χ1) is 9.08. The van der Waals surface area contributed by atoms with Gasteiger partial charge in [0.1, 0.15) is 5.69 Å². The molecule has 1 saturated carbocycles. The molecular weight excluding hydrogens is 246 g/mol. The molecule has 0 spiro atoms. The van der Waals surface area contributed by atoms with Gasteiger partial charge in [-0.2, -0.15) is 0 Å².